The van der Waals surface area contributed by atoms with E-state index in [0.29, 0.717) is 17.9 Å². The number of rotatable bonds is 9. The first-order valence-electron chi connectivity index (χ1n) is 11.2. The van der Waals surface area contributed by atoms with E-state index < -0.39 is 23.5 Å². The number of hydrogen-bond donors (Lipinski definition) is 1. The Morgan fingerprint density at radius 1 is 1.09 bits per heavy atom. The Labute approximate surface area is 198 Å². The van der Waals surface area contributed by atoms with Gasteiger partial charge in [-0.2, -0.15) is 0 Å². The van der Waals surface area contributed by atoms with Gasteiger partial charge in [-0.1, -0.05) is 61.5 Å². The van der Waals surface area contributed by atoms with Crippen LogP contribution >= 0.6 is 0 Å². The number of benzene rings is 2. The molecule has 0 unspecified atom stereocenters. The molecule has 6 heteroatoms. The van der Waals surface area contributed by atoms with Gasteiger partial charge in [0.1, 0.15) is 5.75 Å². The van der Waals surface area contributed by atoms with Crippen molar-refractivity contribution in [2.75, 3.05) is 6.61 Å². The smallest absolute Gasteiger partial charge is 0.290 e. The number of aromatic nitrogens is 1. The summed E-state index contributed by atoms with van der Waals surface area (Å²) in [6, 6.07) is 19.6. The summed E-state index contributed by atoms with van der Waals surface area (Å²) in [4.78, 5) is 31.9. The van der Waals surface area contributed by atoms with Gasteiger partial charge in [-0.25, -0.2) is 0 Å². The molecule has 34 heavy (non-hydrogen) atoms. The van der Waals surface area contributed by atoms with Crippen molar-refractivity contribution >= 4 is 17.8 Å². The number of hydrogen-bond acceptors (Lipinski definition) is 5. The van der Waals surface area contributed by atoms with Gasteiger partial charge in [0, 0.05) is 18.9 Å². The fourth-order valence-corrected chi connectivity index (χ4v) is 3.90. The van der Waals surface area contributed by atoms with Gasteiger partial charge in [-0.15, -0.1) is 0 Å². The van der Waals surface area contributed by atoms with Gasteiger partial charge in [0.2, 0.25) is 0 Å². The summed E-state index contributed by atoms with van der Waals surface area (Å²) < 4.78 is 5.67. The number of carbonyl (C=O) groups excluding carboxylic acids is 2. The van der Waals surface area contributed by atoms with Crippen LogP contribution in [0.15, 0.2) is 96.5 Å². The summed E-state index contributed by atoms with van der Waals surface area (Å²) in [6.07, 6.45) is 7.28. The van der Waals surface area contributed by atoms with Crippen molar-refractivity contribution < 1.29 is 19.4 Å². The van der Waals surface area contributed by atoms with E-state index in [9.17, 15) is 14.7 Å². The van der Waals surface area contributed by atoms with Crippen molar-refractivity contribution in [3.8, 4) is 5.75 Å². The fourth-order valence-electron chi connectivity index (χ4n) is 3.90. The highest BCUT2D eigenvalue weighted by atomic mass is 16.5. The minimum Gasteiger partial charge on any atom is -0.503 e. The number of ketones is 1. The molecule has 0 saturated carbocycles. The molecule has 1 amide bonds. The molecule has 0 saturated heterocycles. The molecule has 1 aromatic heterocycles. The second-order valence-electron chi connectivity index (χ2n) is 7.98. The topological polar surface area (TPSA) is 79.7 Å². The van der Waals surface area contributed by atoms with E-state index in [1.165, 1.54) is 11.0 Å². The van der Waals surface area contributed by atoms with Crippen LogP contribution in [0.1, 0.15) is 36.1 Å². The first-order chi connectivity index (χ1) is 16.6. The maximum Gasteiger partial charge on any atom is 0.290 e. The fraction of sp³-hybridized carbons (Fsp3) is 0.179. The van der Waals surface area contributed by atoms with Crippen LogP contribution in [0.2, 0.25) is 0 Å². The molecule has 1 N–H and O–H groups in total. The van der Waals surface area contributed by atoms with Crippen LogP contribution in [0.5, 0.6) is 5.75 Å². The Morgan fingerprint density at radius 2 is 1.85 bits per heavy atom. The molecular formula is C28H26N2O4. The van der Waals surface area contributed by atoms with Crippen LogP contribution in [-0.4, -0.2) is 33.3 Å². The predicted octanol–water partition coefficient (Wildman–Crippen LogP) is 5.05. The average Bonchev–Trinajstić information content (AvgIpc) is 3.12. The van der Waals surface area contributed by atoms with Crippen LogP contribution in [0.25, 0.3) is 6.08 Å². The summed E-state index contributed by atoms with van der Waals surface area (Å²) in [7, 11) is 0. The molecule has 4 rings (SSSR count). The van der Waals surface area contributed by atoms with Crippen LogP contribution in [0.4, 0.5) is 0 Å². The molecule has 0 aliphatic carbocycles. The highest BCUT2D eigenvalue weighted by molar-refractivity contribution is 6.14. The lowest BCUT2D eigenvalue weighted by atomic mass is 9.95. The second-order valence-corrected chi connectivity index (χ2v) is 7.98. The number of pyridine rings is 1. The predicted molar refractivity (Wildman–Crippen MR) is 130 cm³/mol. The molecular weight excluding hydrogens is 428 g/mol. The first-order valence-corrected chi connectivity index (χ1v) is 11.2. The van der Waals surface area contributed by atoms with Gasteiger partial charge in [0.15, 0.2) is 11.5 Å². The number of aliphatic hydroxyl groups is 1. The standard InChI is InChI=1S/C28H26N2O4/c1-2-17-34-23-13-11-22(12-14-23)26-25(24(31)15-10-20-7-4-3-5-8-20)27(32)28(33)30(26)19-21-9-6-16-29-18-21/h3-16,18,26,32H,2,17,19H2,1H3/b15-10+/t26-/m1/s1. The molecule has 0 fully saturated rings. The van der Waals surface area contributed by atoms with E-state index in [0.717, 1.165) is 17.5 Å². The van der Waals surface area contributed by atoms with E-state index in [4.69, 9.17) is 4.74 Å². The maximum atomic E-state index is 13.2. The number of amides is 1. The molecule has 0 radical (unpaired) electrons. The van der Waals surface area contributed by atoms with E-state index >= 15 is 0 Å². The monoisotopic (exact) mass is 454 g/mol. The van der Waals surface area contributed by atoms with Crippen LogP contribution in [0.3, 0.4) is 0 Å². The molecule has 2 aromatic carbocycles. The van der Waals surface area contributed by atoms with Crippen molar-refractivity contribution in [3.05, 3.63) is 113 Å². The summed E-state index contributed by atoms with van der Waals surface area (Å²) >= 11 is 0. The Bertz CT molecular complexity index is 1200. The van der Waals surface area contributed by atoms with Gasteiger partial charge < -0.3 is 14.7 Å². The number of ether oxygens (including phenoxy) is 1. The average molecular weight is 455 g/mol. The molecule has 2 heterocycles. The molecule has 172 valence electrons. The van der Waals surface area contributed by atoms with Gasteiger partial charge in [-0.3, -0.25) is 14.6 Å². The molecule has 0 bridgehead atoms. The van der Waals surface area contributed by atoms with Crippen LogP contribution in [0, 0.1) is 0 Å². The zero-order valence-corrected chi connectivity index (χ0v) is 18.9. The SMILES string of the molecule is CCCOc1ccc([C@@H]2C(C(=O)/C=C/c3ccccc3)=C(O)C(=O)N2Cc2cccnc2)cc1. The summed E-state index contributed by atoms with van der Waals surface area (Å²) in [5, 5.41) is 10.8. The molecule has 1 atom stereocenters. The molecule has 1 aliphatic heterocycles. The summed E-state index contributed by atoms with van der Waals surface area (Å²) in [5.41, 5.74) is 2.41. The van der Waals surface area contributed by atoms with Crippen molar-refractivity contribution in [3.63, 3.8) is 0 Å². The van der Waals surface area contributed by atoms with E-state index in [1.807, 2.05) is 67.6 Å². The third-order valence-electron chi connectivity index (χ3n) is 5.54. The maximum absolute atomic E-state index is 13.2. The molecule has 6 nitrogen and oxygen atoms in total. The minimum absolute atomic E-state index is 0.0586. The van der Waals surface area contributed by atoms with E-state index in [-0.39, 0.29) is 12.1 Å². The Kier molecular flexibility index (Phi) is 7.18. The minimum atomic E-state index is -0.735. The lowest BCUT2D eigenvalue weighted by Gasteiger charge is -2.26. The van der Waals surface area contributed by atoms with Gasteiger partial charge in [0.25, 0.3) is 5.91 Å². The quantitative estimate of drug-likeness (QED) is 0.458. The Hall–Kier alpha value is -4.19. The first kappa shape index (κ1) is 23.0. The highest BCUT2D eigenvalue weighted by Gasteiger charge is 2.42. The Morgan fingerprint density at radius 3 is 2.53 bits per heavy atom. The van der Waals surface area contributed by atoms with Crippen molar-refractivity contribution in [2.45, 2.75) is 25.9 Å². The number of aliphatic hydroxyl groups excluding tert-OH is 1. The zero-order valence-electron chi connectivity index (χ0n) is 18.9. The van der Waals surface area contributed by atoms with Gasteiger partial charge >= 0.3 is 0 Å². The lowest BCUT2D eigenvalue weighted by molar-refractivity contribution is -0.130. The third-order valence-corrected chi connectivity index (χ3v) is 5.54. The third kappa shape index (κ3) is 5.07. The van der Waals surface area contributed by atoms with Gasteiger partial charge in [0.05, 0.1) is 18.2 Å². The molecule has 1 aliphatic rings. The molecule has 3 aromatic rings. The van der Waals surface area contributed by atoms with Crippen molar-refractivity contribution in [2.24, 2.45) is 0 Å². The lowest BCUT2D eigenvalue weighted by Crippen LogP contribution is -2.30. The number of nitrogens with zero attached hydrogens (tertiary/aromatic N) is 2. The highest BCUT2D eigenvalue weighted by Crippen LogP contribution is 2.39. The van der Waals surface area contributed by atoms with Crippen LogP contribution < -0.4 is 4.74 Å². The zero-order chi connectivity index (χ0) is 23.9. The summed E-state index contributed by atoms with van der Waals surface area (Å²) in [6.45, 7) is 2.83. The normalized spacial score (nSPS) is 15.9. The Balaban J connectivity index is 1.69. The van der Waals surface area contributed by atoms with Gasteiger partial charge in [-0.05, 0) is 47.4 Å². The van der Waals surface area contributed by atoms with Crippen LogP contribution in [-0.2, 0) is 16.1 Å². The number of carbonyl (C=O) groups is 2. The summed E-state index contributed by atoms with van der Waals surface area (Å²) in [5.74, 6) is -0.821. The molecule has 0 spiro atoms. The van der Waals surface area contributed by atoms with E-state index in [2.05, 4.69) is 4.98 Å². The number of allylic oxidation sites excluding steroid dienone is 1. The van der Waals surface area contributed by atoms with Crippen molar-refractivity contribution in [1.82, 2.24) is 9.88 Å². The largest absolute Gasteiger partial charge is 0.503 e. The second kappa shape index (κ2) is 10.6. The van der Waals surface area contributed by atoms with E-state index in [1.54, 1.807) is 24.5 Å². The van der Waals surface area contributed by atoms with Crippen molar-refractivity contribution in [1.29, 1.82) is 0 Å².